The fourth-order valence-corrected chi connectivity index (χ4v) is 2.35. The summed E-state index contributed by atoms with van der Waals surface area (Å²) in [5.74, 6) is 0.764. The minimum Gasteiger partial charge on any atom is -0.478 e. The first-order chi connectivity index (χ1) is 10.3. The van der Waals surface area contributed by atoms with Crippen LogP contribution in [0.15, 0.2) is 24.3 Å². The standard InChI is InChI=1S/C16H19N3O3/c1-16(2,3)22-15(20)13-7-6-12(21-13)9-4-5-11-10(8-9)14(17)19-18-11/h4-6,8,13H,7H2,1-3H3,(H3,17,18,19). The molecule has 6 nitrogen and oxygen atoms in total. The van der Waals surface area contributed by atoms with E-state index in [4.69, 9.17) is 15.2 Å². The van der Waals surface area contributed by atoms with E-state index < -0.39 is 11.7 Å². The molecule has 3 rings (SSSR count). The number of rotatable bonds is 2. The Balaban J connectivity index is 1.76. The number of aromatic amines is 1. The van der Waals surface area contributed by atoms with E-state index in [9.17, 15) is 4.79 Å². The van der Waals surface area contributed by atoms with E-state index in [0.29, 0.717) is 18.0 Å². The molecule has 1 unspecified atom stereocenters. The molecule has 0 saturated heterocycles. The van der Waals surface area contributed by atoms with Gasteiger partial charge in [0.1, 0.15) is 11.4 Å². The third-order valence-electron chi connectivity index (χ3n) is 3.33. The summed E-state index contributed by atoms with van der Waals surface area (Å²) in [7, 11) is 0. The molecular formula is C16H19N3O3. The largest absolute Gasteiger partial charge is 0.478 e. The van der Waals surface area contributed by atoms with Crippen LogP contribution in [0.4, 0.5) is 5.82 Å². The summed E-state index contributed by atoms with van der Waals surface area (Å²) in [6, 6.07) is 5.69. The lowest BCUT2D eigenvalue weighted by Gasteiger charge is -2.22. The lowest BCUT2D eigenvalue weighted by molar-refractivity contribution is -0.163. The van der Waals surface area contributed by atoms with E-state index in [1.165, 1.54) is 0 Å². The van der Waals surface area contributed by atoms with Gasteiger partial charge < -0.3 is 15.2 Å². The average Bonchev–Trinajstić information content (AvgIpc) is 3.04. The molecule has 1 aliphatic heterocycles. The maximum Gasteiger partial charge on any atom is 0.348 e. The highest BCUT2D eigenvalue weighted by atomic mass is 16.6. The maximum absolute atomic E-state index is 12.0. The van der Waals surface area contributed by atoms with Crippen molar-refractivity contribution in [3.8, 4) is 0 Å². The summed E-state index contributed by atoms with van der Waals surface area (Å²) in [6.07, 6.45) is 1.81. The van der Waals surface area contributed by atoms with E-state index in [1.54, 1.807) is 0 Å². The molecule has 0 radical (unpaired) electrons. The van der Waals surface area contributed by atoms with Crippen molar-refractivity contribution >= 4 is 28.4 Å². The van der Waals surface area contributed by atoms with Crippen molar-refractivity contribution in [2.75, 3.05) is 5.73 Å². The Morgan fingerprint density at radius 1 is 1.45 bits per heavy atom. The molecule has 1 aliphatic rings. The number of benzene rings is 1. The highest BCUT2D eigenvalue weighted by Gasteiger charge is 2.30. The molecule has 0 amide bonds. The molecule has 116 valence electrons. The maximum atomic E-state index is 12.0. The fraction of sp³-hybridized carbons (Fsp3) is 0.375. The van der Waals surface area contributed by atoms with Gasteiger partial charge in [0.05, 0.1) is 5.52 Å². The second-order valence-electron chi connectivity index (χ2n) is 6.31. The first kappa shape index (κ1) is 14.4. The van der Waals surface area contributed by atoms with Crippen molar-refractivity contribution in [1.82, 2.24) is 10.2 Å². The SMILES string of the molecule is CC(C)(C)OC(=O)C1CC=C(c2ccc3[nH]nc(N)c3c2)O1. The molecule has 0 fully saturated rings. The Hall–Kier alpha value is -2.50. The smallest absolute Gasteiger partial charge is 0.348 e. The Labute approximate surface area is 128 Å². The minimum absolute atomic E-state index is 0.345. The molecule has 0 saturated carbocycles. The third-order valence-corrected chi connectivity index (χ3v) is 3.33. The van der Waals surface area contributed by atoms with Gasteiger partial charge in [-0.15, -0.1) is 0 Å². The van der Waals surface area contributed by atoms with Gasteiger partial charge in [0.15, 0.2) is 11.9 Å². The van der Waals surface area contributed by atoms with Crippen LogP contribution in [0.3, 0.4) is 0 Å². The fourth-order valence-electron chi connectivity index (χ4n) is 2.35. The van der Waals surface area contributed by atoms with Gasteiger partial charge in [-0.1, -0.05) is 0 Å². The molecule has 0 spiro atoms. The van der Waals surface area contributed by atoms with E-state index in [-0.39, 0.29) is 5.97 Å². The number of ether oxygens (including phenoxy) is 2. The van der Waals surface area contributed by atoms with Gasteiger partial charge in [0.25, 0.3) is 0 Å². The van der Waals surface area contributed by atoms with Gasteiger partial charge in [-0.2, -0.15) is 5.10 Å². The number of fused-ring (bicyclic) bond motifs is 1. The summed E-state index contributed by atoms with van der Waals surface area (Å²) in [5.41, 5.74) is 7.02. The summed E-state index contributed by atoms with van der Waals surface area (Å²) in [4.78, 5) is 12.0. The molecule has 1 aromatic heterocycles. The number of nitrogens with one attached hydrogen (secondary N) is 1. The number of hydrogen-bond acceptors (Lipinski definition) is 5. The molecule has 0 aliphatic carbocycles. The summed E-state index contributed by atoms with van der Waals surface area (Å²) >= 11 is 0. The molecule has 2 aromatic rings. The third kappa shape index (κ3) is 2.77. The van der Waals surface area contributed by atoms with Crippen LogP contribution in [0.25, 0.3) is 16.7 Å². The normalized spacial score (nSPS) is 18.1. The number of anilines is 1. The summed E-state index contributed by atoms with van der Waals surface area (Å²) in [5, 5.41) is 7.65. The van der Waals surface area contributed by atoms with Crippen molar-refractivity contribution in [3.63, 3.8) is 0 Å². The van der Waals surface area contributed by atoms with Crippen molar-refractivity contribution < 1.29 is 14.3 Å². The molecule has 3 N–H and O–H groups in total. The van der Waals surface area contributed by atoms with Crippen molar-refractivity contribution in [3.05, 3.63) is 29.8 Å². The number of esters is 1. The molecule has 2 heterocycles. The van der Waals surface area contributed by atoms with Gasteiger partial charge in [-0.3, -0.25) is 5.10 Å². The molecule has 6 heteroatoms. The molecule has 1 aromatic carbocycles. The molecular weight excluding hydrogens is 282 g/mol. The summed E-state index contributed by atoms with van der Waals surface area (Å²) < 4.78 is 11.1. The zero-order chi connectivity index (χ0) is 15.9. The van der Waals surface area contributed by atoms with Crippen molar-refractivity contribution in [2.45, 2.75) is 38.9 Å². The van der Waals surface area contributed by atoms with Crippen LogP contribution in [0.5, 0.6) is 0 Å². The highest BCUT2D eigenvalue weighted by Crippen LogP contribution is 2.30. The zero-order valence-electron chi connectivity index (χ0n) is 12.8. The Bertz CT molecular complexity index is 756. The van der Waals surface area contributed by atoms with Crippen LogP contribution in [0, 0.1) is 0 Å². The van der Waals surface area contributed by atoms with Gasteiger partial charge in [-0.25, -0.2) is 4.79 Å². The van der Waals surface area contributed by atoms with Crippen LogP contribution in [0.1, 0.15) is 32.8 Å². The van der Waals surface area contributed by atoms with E-state index in [2.05, 4.69) is 10.2 Å². The monoisotopic (exact) mass is 301 g/mol. The van der Waals surface area contributed by atoms with Crippen LogP contribution in [-0.2, 0) is 14.3 Å². The van der Waals surface area contributed by atoms with E-state index >= 15 is 0 Å². The quantitative estimate of drug-likeness (QED) is 0.832. The van der Waals surface area contributed by atoms with Crippen molar-refractivity contribution in [1.29, 1.82) is 0 Å². The van der Waals surface area contributed by atoms with Gasteiger partial charge in [0, 0.05) is 17.4 Å². The van der Waals surface area contributed by atoms with Crippen LogP contribution in [0.2, 0.25) is 0 Å². The van der Waals surface area contributed by atoms with Crippen LogP contribution >= 0.6 is 0 Å². The first-order valence-corrected chi connectivity index (χ1v) is 7.17. The molecule has 22 heavy (non-hydrogen) atoms. The number of carbonyl (C=O) groups is 1. The predicted molar refractivity (Wildman–Crippen MR) is 83.8 cm³/mol. The Morgan fingerprint density at radius 3 is 2.95 bits per heavy atom. The van der Waals surface area contributed by atoms with Gasteiger partial charge >= 0.3 is 5.97 Å². The number of H-pyrrole nitrogens is 1. The topological polar surface area (TPSA) is 90.2 Å². The highest BCUT2D eigenvalue weighted by molar-refractivity contribution is 5.91. The number of nitrogens with zero attached hydrogens (tertiary/aromatic N) is 1. The average molecular weight is 301 g/mol. The minimum atomic E-state index is -0.591. The second kappa shape index (κ2) is 5.05. The summed E-state index contributed by atoms with van der Waals surface area (Å²) in [6.45, 7) is 5.51. The molecule has 1 atom stereocenters. The number of hydrogen-bond donors (Lipinski definition) is 2. The van der Waals surface area contributed by atoms with E-state index in [0.717, 1.165) is 16.5 Å². The van der Waals surface area contributed by atoms with Crippen LogP contribution in [-0.4, -0.2) is 27.9 Å². The van der Waals surface area contributed by atoms with Gasteiger partial charge in [-0.05, 0) is 45.0 Å². The Morgan fingerprint density at radius 2 is 2.23 bits per heavy atom. The number of nitrogens with two attached hydrogens (primary N) is 1. The van der Waals surface area contributed by atoms with Crippen molar-refractivity contribution in [2.24, 2.45) is 0 Å². The number of nitrogen functional groups attached to an aromatic ring is 1. The lowest BCUT2D eigenvalue weighted by atomic mass is 10.1. The van der Waals surface area contributed by atoms with Gasteiger partial charge in [0.2, 0.25) is 0 Å². The lowest BCUT2D eigenvalue weighted by Crippen LogP contribution is -2.31. The first-order valence-electron chi connectivity index (χ1n) is 7.17. The van der Waals surface area contributed by atoms with Crippen LogP contribution < -0.4 is 5.73 Å². The second-order valence-corrected chi connectivity index (χ2v) is 6.31. The molecule has 0 bridgehead atoms. The predicted octanol–water partition coefficient (Wildman–Crippen LogP) is 2.62. The number of carbonyl (C=O) groups excluding carboxylic acids is 1. The Kier molecular flexibility index (Phi) is 3.31. The zero-order valence-corrected chi connectivity index (χ0v) is 12.8. The van der Waals surface area contributed by atoms with E-state index in [1.807, 2.05) is 45.0 Å². The number of aromatic nitrogens is 2.